The van der Waals surface area contributed by atoms with Crippen LogP contribution in [0.5, 0.6) is 23.0 Å². The van der Waals surface area contributed by atoms with E-state index in [4.69, 9.17) is 18.9 Å². The number of carbonyl (C=O) groups excluding carboxylic acids is 1. The zero-order valence-corrected chi connectivity index (χ0v) is 18.8. The average Bonchev–Trinajstić information content (AvgIpc) is 3.34. The minimum absolute atomic E-state index is 0.0285. The Hall–Kier alpha value is -3.19. The Morgan fingerprint density at radius 3 is 2.35 bits per heavy atom. The quantitative estimate of drug-likeness (QED) is 0.429. The molecule has 0 radical (unpaired) electrons. The van der Waals surface area contributed by atoms with Crippen molar-refractivity contribution in [2.45, 2.75) is 20.1 Å². The van der Waals surface area contributed by atoms with Crippen molar-refractivity contribution < 1.29 is 23.7 Å². The van der Waals surface area contributed by atoms with E-state index in [1.54, 1.807) is 54.7 Å². The standard InChI is InChI=1S/C24H27NO5S/c1-4-25(24(26)17-29-20-10-8-19(27-2)9-11-20)15-18-7-12-22(23(14-18)28-3)30-16-21-6-5-13-31-21/h5-14H,4,15-17H2,1-3H3. The van der Waals surface area contributed by atoms with E-state index >= 15 is 0 Å². The second-order valence-electron chi connectivity index (χ2n) is 6.73. The van der Waals surface area contributed by atoms with Gasteiger partial charge in [-0.15, -0.1) is 11.3 Å². The highest BCUT2D eigenvalue weighted by atomic mass is 32.1. The van der Waals surface area contributed by atoms with Crippen LogP contribution in [0.4, 0.5) is 0 Å². The van der Waals surface area contributed by atoms with Crippen molar-refractivity contribution in [1.82, 2.24) is 4.90 Å². The van der Waals surface area contributed by atoms with Gasteiger partial charge in [0.1, 0.15) is 18.1 Å². The summed E-state index contributed by atoms with van der Waals surface area (Å²) in [6, 6.07) is 16.9. The fourth-order valence-electron chi connectivity index (χ4n) is 2.98. The van der Waals surface area contributed by atoms with Crippen molar-refractivity contribution in [2.75, 3.05) is 27.4 Å². The Bertz CT molecular complexity index is 957. The topological polar surface area (TPSA) is 57.2 Å². The molecule has 0 aliphatic heterocycles. The number of carbonyl (C=O) groups is 1. The third kappa shape index (κ3) is 6.39. The molecule has 0 unspecified atom stereocenters. The first-order valence-corrected chi connectivity index (χ1v) is 10.9. The number of amides is 1. The number of hydrogen-bond donors (Lipinski definition) is 0. The van der Waals surface area contributed by atoms with Gasteiger partial charge in [0.2, 0.25) is 0 Å². The molecule has 1 heterocycles. The minimum atomic E-state index is -0.0877. The van der Waals surface area contributed by atoms with E-state index < -0.39 is 0 Å². The van der Waals surface area contributed by atoms with Crippen LogP contribution in [-0.4, -0.2) is 38.2 Å². The summed E-state index contributed by atoms with van der Waals surface area (Å²) in [6.45, 7) is 3.45. The van der Waals surface area contributed by atoms with Crippen LogP contribution in [0.2, 0.25) is 0 Å². The van der Waals surface area contributed by atoms with Gasteiger partial charge < -0.3 is 23.8 Å². The first-order chi connectivity index (χ1) is 15.1. The Morgan fingerprint density at radius 2 is 1.71 bits per heavy atom. The maximum atomic E-state index is 12.7. The molecule has 7 heteroatoms. The van der Waals surface area contributed by atoms with Crippen LogP contribution in [0.3, 0.4) is 0 Å². The van der Waals surface area contributed by atoms with Gasteiger partial charge >= 0.3 is 0 Å². The minimum Gasteiger partial charge on any atom is -0.497 e. The van der Waals surface area contributed by atoms with E-state index in [2.05, 4.69) is 0 Å². The van der Waals surface area contributed by atoms with Crippen LogP contribution < -0.4 is 18.9 Å². The lowest BCUT2D eigenvalue weighted by Gasteiger charge is -2.22. The van der Waals surface area contributed by atoms with Gasteiger partial charge in [-0.05, 0) is 60.3 Å². The maximum Gasteiger partial charge on any atom is 0.260 e. The molecule has 3 aromatic rings. The lowest BCUT2D eigenvalue weighted by Crippen LogP contribution is -2.34. The third-order valence-corrected chi connectivity index (χ3v) is 5.56. The largest absolute Gasteiger partial charge is 0.497 e. The van der Waals surface area contributed by atoms with Crippen LogP contribution in [0.1, 0.15) is 17.4 Å². The molecule has 6 nitrogen and oxygen atoms in total. The lowest BCUT2D eigenvalue weighted by atomic mass is 10.2. The zero-order valence-electron chi connectivity index (χ0n) is 18.0. The van der Waals surface area contributed by atoms with Gasteiger partial charge in [0.15, 0.2) is 18.1 Å². The van der Waals surface area contributed by atoms with E-state index in [0.717, 1.165) is 16.2 Å². The van der Waals surface area contributed by atoms with Gasteiger partial charge in [-0.25, -0.2) is 0 Å². The van der Waals surface area contributed by atoms with Crippen LogP contribution in [0.15, 0.2) is 60.0 Å². The van der Waals surface area contributed by atoms with E-state index in [1.165, 1.54) is 0 Å². The Kier molecular flexibility index (Phi) is 8.18. The number of hydrogen-bond acceptors (Lipinski definition) is 6. The molecule has 0 bridgehead atoms. The van der Waals surface area contributed by atoms with Crippen molar-refractivity contribution in [1.29, 1.82) is 0 Å². The van der Waals surface area contributed by atoms with Gasteiger partial charge in [0, 0.05) is 18.0 Å². The number of likely N-dealkylation sites (N-methyl/N-ethyl adjacent to an activating group) is 1. The average molecular weight is 442 g/mol. The molecular weight excluding hydrogens is 414 g/mol. The van der Waals surface area contributed by atoms with Crippen LogP contribution in [0, 0.1) is 0 Å². The number of ether oxygens (including phenoxy) is 4. The van der Waals surface area contributed by atoms with Gasteiger partial charge in [-0.2, -0.15) is 0 Å². The van der Waals surface area contributed by atoms with Crippen LogP contribution >= 0.6 is 11.3 Å². The lowest BCUT2D eigenvalue weighted by molar-refractivity contribution is -0.133. The summed E-state index contributed by atoms with van der Waals surface area (Å²) in [6.07, 6.45) is 0. The molecule has 31 heavy (non-hydrogen) atoms. The molecular formula is C24H27NO5S. The second kappa shape index (κ2) is 11.3. The number of methoxy groups -OCH3 is 2. The number of nitrogens with zero attached hydrogens (tertiary/aromatic N) is 1. The molecule has 0 N–H and O–H groups in total. The fraction of sp³-hybridized carbons (Fsp3) is 0.292. The predicted octanol–water partition coefficient (Wildman–Crippen LogP) is 4.77. The number of benzene rings is 2. The first kappa shape index (κ1) is 22.5. The summed E-state index contributed by atoms with van der Waals surface area (Å²) < 4.78 is 22.1. The molecule has 0 atom stereocenters. The Morgan fingerprint density at radius 1 is 0.935 bits per heavy atom. The zero-order chi connectivity index (χ0) is 22.1. The van der Waals surface area contributed by atoms with E-state index in [1.807, 2.05) is 42.6 Å². The Balaban J connectivity index is 1.58. The highest BCUT2D eigenvalue weighted by molar-refractivity contribution is 7.09. The van der Waals surface area contributed by atoms with Crippen LogP contribution in [-0.2, 0) is 17.9 Å². The van der Waals surface area contributed by atoms with Crippen molar-refractivity contribution in [3.8, 4) is 23.0 Å². The maximum absolute atomic E-state index is 12.7. The summed E-state index contributed by atoms with van der Waals surface area (Å²) in [5, 5.41) is 2.02. The van der Waals surface area contributed by atoms with Crippen molar-refractivity contribution in [3.05, 3.63) is 70.4 Å². The van der Waals surface area contributed by atoms with E-state index in [0.29, 0.717) is 36.9 Å². The van der Waals surface area contributed by atoms with Gasteiger partial charge in [-0.1, -0.05) is 12.1 Å². The molecule has 0 aliphatic rings. The molecule has 0 saturated carbocycles. The first-order valence-electron chi connectivity index (χ1n) is 9.99. The SMILES string of the molecule is CCN(Cc1ccc(OCc2cccs2)c(OC)c1)C(=O)COc1ccc(OC)cc1. The predicted molar refractivity (Wildman–Crippen MR) is 121 cm³/mol. The molecule has 164 valence electrons. The smallest absolute Gasteiger partial charge is 0.260 e. The van der Waals surface area contributed by atoms with Crippen LogP contribution in [0.25, 0.3) is 0 Å². The highest BCUT2D eigenvalue weighted by Crippen LogP contribution is 2.30. The second-order valence-corrected chi connectivity index (χ2v) is 7.76. The molecule has 0 fully saturated rings. The number of thiophene rings is 1. The van der Waals surface area contributed by atoms with Crippen molar-refractivity contribution in [3.63, 3.8) is 0 Å². The normalized spacial score (nSPS) is 10.4. The van der Waals surface area contributed by atoms with Crippen molar-refractivity contribution >= 4 is 17.2 Å². The molecule has 3 rings (SSSR count). The number of rotatable bonds is 11. The molecule has 1 amide bonds. The molecule has 0 saturated heterocycles. The third-order valence-electron chi connectivity index (χ3n) is 4.71. The van der Waals surface area contributed by atoms with Gasteiger partial charge in [-0.3, -0.25) is 4.79 Å². The summed E-state index contributed by atoms with van der Waals surface area (Å²) in [5.74, 6) is 2.60. The monoisotopic (exact) mass is 441 g/mol. The summed E-state index contributed by atoms with van der Waals surface area (Å²) in [7, 11) is 3.22. The summed E-state index contributed by atoms with van der Waals surface area (Å²) >= 11 is 1.65. The van der Waals surface area contributed by atoms with Gasteiger partial charge in [0.05, 0.1) is 14.2 Å². The van der Waals surface area contributed by atoms with Crippen molar-refractivity contribution in [2.24, 2.45) is 0 Å². The Labute approximate surface area is 186 Å². The highest BCUT2D eigenvalue weighted by Gasteiger charge is 2.15. The summed E-state index contributed by atoms with van der Waals surface area (Å²) in [4.78, 5) is 15.5. The molecule has 2 aromatic carbocycles. The molecule has 0 spiro atoms. The van der Waals surface area contributed by atoms with Gasteiger partial charge in [0.25, 0.3) is 5.91 Å². The fourth-order valence-corrected chi connectivity index (χ4v) is 3.59. The van der Waals surface area contributed by atoms with E-state index in [-0.39, 0.29) is 12.5 Å². The molecule has 1 aromatic heterocycles. The summed E-state index contributed by atoms with van der Waals surface area (Å²) in [5.41, 5.74) is 0.958. The van der Waals surface area contributed by atoms with E-state index in [9.17, 15) is 4.79 Å². The molecule has 0 aliphatic carbocycles.